The third-order valence-electron chi connectivity index (χ3n) is 3.26. The van der Waals surface area contributed by atoms with Gasteiger partial charge in [-0.3, -0.25) is 4.68 Å². The molecule has 0 spiro atoms. The Bertz CT molecular complexity index is 529. The average Bonchev–Trinajstić information content (AvgIpc) is 3.04. The minimum absolute atomic E-state index is 0.694. The van der Waals surface area contributed by atoms with Gasteiger partial charge in [-0.25, -0.2) is 4.98 Å². The second-order valence-electron chi connectivity index (χ2n) is 4.61. The number of rotatable bonds is 6. The van der Waals surface area contributed by atoms with E-state index < -0.39 is 6.10 Å². The quantitative estimate of drug-likeness (QED) is 0.868. The molecule has 104 valence electrons. The first-order valence-electron chi connectivity index (χ1n) is 6.96. The van der Waals surface area contributed by atoms with Crippen LogP contribution in [0.15, 0.2) is 18.5 Å². The molecule has 0 amide bonds. The molecule has 2 aromatic heterocycles. The summed E-state index contributed by atoms with van der Waals surface area (Å²) in [7, 11) is 0. The fourth-order valence-electron chi connectivity index (χ4n) is 2.26. The van der Waals surface area contributed by atoms with Crippen molar-refractivity contribution in [2.45, 2.75) is 52.8 Å². The maximum Gasteiger partial charge on any atom is 0.153 e. The highest BCUT2D eigenvalue weighted by Crippen LogP contribution is 2.22. The van der Waals surface area contributed by atoms with E-state index in [0.717, 1.165) is 37.3 Å². The summed E-state index contributed by atoms with van der Waals surface area (Å²) in [6.07, 6.45) is 4.82. The van der Waals surface area contributed by atoms with E-state index in [9.17, 15) is 5.11 Å². The van der Waals surface area contributed by atoms with Crippen LogP contribution in [-0.2, 0) is 19.5 Å². The van der Waals surface area contributed by atoms with Crippen LogP contribution in [0, 0.1) is 0 Å². The number of nitrogens with zero attached hydrogens (tertiary/aromatic N) is 4. The molecular weight excluding hydrogens is 240 g/mol. The summed E-state index contributed by atoms with van der Waals surface area (Å²) < 4.78 is 3.86. The second-order valence-corrected chi connectivity index (χ2v) is 4.61. The highest BCUT2D eigenvalue weighted by atomic mass is 16.3. The fourth-order valence-corrected chi connectivity index (χ4v) is 2.26. The van der Waals surface area contributed by atoms with E-state index in [4.69, 9.17) is 0 Å². The lowest BCUT2D eigenvalue weighted by molar-refractivity contribution is 0.192. The summed E-state index contributed by atoms with van der Waals surface area (Å²) >= 11 is 0. The zero-order valence-electron chi connectivity index (χ0n) is 11.9. The highest BCUT2D eigenvalue weighted by molar-refractivity contribution is 5.19. The molecule has 0 aliphatic rings. The molecule has 1 atom stereocenters. The minimum atomic E-state index is -0.714. The van der Waals surface area contributed by atoms with Crippen LogP contribution in [-0.4, -0.2) is 24.4 Å². The van der Waals surface area contributed by atoms with Gasteiger partial charge in [0.05, 0.1) is 11.4 Å². The van der Waals surface area contributed by atoms with Crippen LogP contribution in [0.3, 0.4) is 0 Å². The molecule has 0 bridgehead atoms. The Hall–Kier alpha value is -1.62. The summed E-state index contributed by atoms with van der Waals surface area (Å²) in [5, 5.41) is 15.0. The number of imidazole rings is 1. The topological polar surface area (TPSA) is 55.9 Å². The van der Waals surface area contributed by atoms with Gasteiger partial charge in [0.2, 0.25) is 0 Å². The van der Waals surface area contributed by atoms with Crippen LogP contribution < -0.4 is 0 Å². The Balaban J connectivity index is 2.34. The smallest absolute Gasteiger partial charge is 0.153 e. The molecule has 5 nitrogen and oxygen atoms in total. The normalized spacial score (nSPS) is 12.8. The van der Waals surface area contributed by atoms with Gasteiger partial charge in [0.25, 0.3) is 0 Å². The molecule has 2 aromatic rings. The van der Waals surface area contributed by atoms with Crippen LogP contribution in [0.2, 0.25) is 0 Å². The molecule has 0 saturated heterocycles. The summed E-state index contributed by atoms with van der Waals surface area (Å²) in [6.45, 7) is 7.83. The fraction of sp³-hybridized carbons (Fsp3) is 0.571. The lowest BCUT2D eigenvalue weighted by Crippen LogP contribution is -2.14. The van der Waals surface area contributed by atoms with E-state index in [2.05, 4.69) is 23.9 Å². The molecular formula is C14H22N4O. The molecule has 0 aliphatic carbocycles. The van der Waals surface area contributed by atoms with Gasteiger partial charge in [0, 0.05) is 25.5 Å². The van der Waals surface area contributed by atoms with E-state index in [1.54, 1.807) is 6.20 Å². The van der Waals surface area contributed by atoms with E-state index in [1.165, 1.54) is 0 Å². The van der Waals surface area contributed by atoms with Gasteiger partial charge in [0.15, 0.2) is 6.10 Å². The SMILES string of the molecule is CCCn1ccnc1C(O)c1cc(CC)nn1CC. The lowest BCUT2D eigenvalue weighted by Gasteiger charge is -2.14. The maximum atomic E-state index is 10.6. The van der Waals surface area contributed by atoms with Crippen LogP contribution >= 0.6 is 0 Å². The van der Waals surface area contributed by atoms with Gasteiger partial charge in [-0.2, -0.15) is 5.10 Å². The number of hydrogen-bond donors (Lipinski definition) is 1. The Labute approximate surface area is 113 Å². The molecule has 5 heteroatoms. The molecule has 1 unspecified atom stereocenters. The number of aliphatic hydroxyl groups excluding tert-OH is 1. The first-order chi connectivity index (χ1) is 9.21. The predicted octanol–water partition coefficient (Wildman–Crippen LogP) is 2.15. The van der Waals surface area contributed by atoms with Gasteiger partial charge >= 0.3 is 0 Å². The van der Waals surface area contributed by atoms with Gasteiger partial charge in [-0.15, -0.1) is 0 Å². The first-order valence-corrected chi connectivity index (χ1v) is 6.96. The van der Waals surface area contributed by atoms with Gasteiger partial charge in [0.1, 0.15) is 5.82 Å². The van der Waals surface area contributed by atoms with Crippen molar-refractivity contribution < 1.29 is 5.11 Å². The second kappa shape index (κ2) is 6.02. The summed E-state index contributed by atoms with van der Waals surface area (Å²) in [4.78, 5) is 4.29. The van der Waals surface area contributed by atoms with Crippen molar-refractivity contribution in [1.82, 2.24) is 19.3 Å². The molecule has 2 rings (SSSR count). The zero-order valence-corrected chi connectivity index (χ0v) is 11.9. The molecule has 0 radical (unpaired) electrons. The highest BCUT2D eigenvalue weighted by Gasteiger charge is 2.20. The Morgan fingerprint density at radius 3 is 2.74 bits per heavy atom. The van der Waals surface area contributed by atoms with Crippen LogP contribution in [0.5, 0.6) is 0 Å². The van der Waals surface area contributed by atoms with Crippen molar-refractivity contribution in [3.8, 4) is 0 Å². The Kier molecular flexibility index (Phi) is 4.37. The van der Waals surface area contributed by atoms with Crippen molar-refractivity contribution >= 4 is 0 Å². The van der Waals surface area contributed by atoms with Crippen molar-refractivity contribution in [2.24, 2.45) is 0 Å². The molecule has 19 heavy (non-hydrogen) atoms. The molecule has 1 N–H and O–H groups in total. The van der Waals surface area contributed by atoms with Crippen LogP contribution in [0.25, 0.3) is 0 Å². The van der Waals surface area contributed by atoms with E-state index in [0.29, 0.717) is 5.82 Å². The van der Waals surface area contributed by atoms with E-state index in [-0.39, 0.29) is 0 Å². The van der Waals surface area contributed by atoms with Gasteiger partial charge in [-0.05, 0) is 25.8 Å². The summed E-state index contributed by atoms with van der Waals surface area (Å²) in [6, 6.07) is 1.97. The Morgan fingerprint density at radius 1 is 1.32 bits per heavy atom. The molecule has 0 fully saturated rings. The third kappa shape index (κ3) is 2.71. The monoisotopic (exact) mass is 262 g/mol. The van der Waals surface area contributed by atoms with Crippen molar-refractivity contribution in [2.75, 3.05) is 0 Å². The summed E-state index contributed by atoms with van der Waals surface area (Å²) in [5.41, 5.74) is 1.83. The molecule has 2 heterocycles. The first kappa shape index (κ1) is 13.8. The standard InChI is InChI=1S/C14H22N4O/c1-4-8-17-9-7-15-14(17)13(19)12-10-11(5-2)16-18(12)6-3/h7,9-10,13,19H,4-6,8H2,1-3H3. The number of aryl methyl sites for hydroxylation is 3. The van der Waals surface area contributed by atoms with E-state index >= 15 is 0 Å². The molecule has 0 saturated carbocycles. The van der Waals surface area contributed by atoms with Crippen LogP contribution in [0.1, 0.15) is 50.5 Å². The van der Waals surface area contributed by atoms with Crippen molar-refractivity contribution in [3.63, 3.8) is 0 Å². The van der Waals surface area contributed by atoms with Crippen molar-refractivity contribution in [3.05, 3.63) is 35.7 Å². The average molecular weight is 262 g/mol. The Morgan fingerprint density at radius 2 is 2.11 bits per heavy atom. The predicted molar refractivity (Wildman–Crippen MR) is 73.9 cm³/mol. The zero-order chi connectivity index (χ0) is 13.8. The number of aliphatic hydroxyl groups is 1. The summed E-state index contributed by atoms with van der Waals surface area (Å²) in [5.74, 6) is 0.694. The number of hydrogen-bond acceptors (Lipinski definition) is 3. The minimum Gasteiger partial charge on any atom is -0.379 e. The number of aromatic nitrogens is 4. The van der Waals surface area contributed by atoms with Crippen molar-refractivity contribution in [1.29, 1.82) is 0 Å². The van der Waals surface area contributed by atoms with E-state index in [1.807, 2.05) is 28.4 Å². The third-order valence-corrected chi connectivity index (χ3v) is 3.26. The van der Waals surface area contributed by atoms with Gasteiger partial charge < -0.3 is 9.67 Å². The molecule has 0 aromatic carbocycles. The van der Waals surface area contributed by atoms with Crippen LogP contribution in [0.4, 0.5) is 0 Å². The molecule has 0 aliphatic heterocycles. The maximum absolute atomic E-state index is 10.6. The largest absolute Gasteiger partial charge is 0.379 e. The van der Waals surface area contributed by atoms with Gasteiger partial charge in [-0.1, -0.05) is 13.8 Å². The lowest BCUT2D eigenvalue weighted by atomic mass is 10.2.